The summed E-state index contributed by atoms with van der Waals surface area (Å²) in [6.45, 7) is 1.42. The van der Waals surface area contributed by atoms with Crippen molar-refractivity contribution < 1.29 is 9.90 Å². The number of primary amides is 1. The van der Waals surface area contributed by atoms with Crippen molar-refractivity contribution >= 4 is 5.91 Å². The number of carbonyl (C=O) groups is 1. The zero-order chi connectivity index (χ0) is 9.90. The predicted molar refractivity (Wildman–Crippen MR) is 50.0 cm³/mol. The minimum Gasteiger partial charge on any atom is -0.380 e. The Labute approximate surface area is 77.2 Å². The van der Waals surface area contributed by atoms with Crippen LogP contribution in [0.15, 0.2) is 30.3 Å². The van der Waals surface area contributed by atoms with Crippen molar-refractivity contribution in [2.75, 3.05) is 0 Å². The lowest BCUT2D eigenvalue weighted by molar-refractivity contribution is -0.134. The molecule has 0 saturated heterocycles. The van der Waals surface area contributed by atoms with Crippen molar-refractivity contribution in [2.45, 2.75) is 18.9 Å². The third kappa shape index (κ3) is 2.56. The van der Waals surface area contributed by atoms with Gasteiger partial charge in [-0.25, -0.2) is 0 Å². The van der Waals surface area contributed by atoms with E-state index < -0.39 is 11.5 Å². The SMILES string of the molecule is CC(O)(Cc1ccccc1)C(N)=O. The number of benzene rings is 1. The van der Waals surface area contributed by atoms with Crippen LogP contribution in [0.5, 0.6) is 0 Å². The summed E-state index contributed by atoms with van der Waals surface area (Å²) in [6, 6.07) is 9.27. The van der Waals surface area contributed by atoms with E-state index in [0.29, 0.717) is 0 Å². The fraction of sp³-hybridized carbons (Fsp3) is 0.300. The second-order valence-corrected chi connectivity index (χ2v) is 3.30. The molecular weight excluding hydrogens is 166 g/mol. The number of rotatable bonds is 3. The Balaban J connectivity index is 2.75. The van der Waals surface area contributed by atoms with Crippen molar-refractivity contribution in [1.82, 2.24) is 0 Å². The quantitative estimate of drug-likeness (QED) is 0.708. The summed E-state index contributed by atoms with van der Waals surface area (Å²) >= 11 is 0. The number of aliphatic hydroxyl groups is 1. The number of hydrogen-bond donors (Lipinski definition) is 2. The molecule has 0 aromatic heterocycles. The van der Waals surface area contributed by atoms with Gasteiger partial charge in [0.1, 0.15) is 5.60 Å². The maximum atomic E-state index is 10.8. The highest BCUT2D eigenvalue weighted by atomic mass is 16.3. The molecule has 1 aromatic rings. The molecule has 1 rings (SSSR count). The molecule has 0 spiro atoms. The molecule has 1 atom stereocenters. The highest BCUT2D eigenvalue weighted by Gasteiger charge is 2.27. The summed E-state index contributed by atoms with van der Waals surface area (Å²) < 4.78 is 0. The lowest BCUT2D eigenvalue weighted by atomic mass is 9.96. The molecule has 3 N–H and O–H groups in total. The average molecular weight is 179 g/mol. The van der Waals surface area contributed by atoms with Crippen LogP contribution < -0.4 is 5.73 Å². The van der Waals surface area contributed by atoms with Crippen molar-refractivity contribution in [3.8, 4) is 0 Å². The molecule has 0 aliphatic heterocycles. The Bertz CT molecular complexity index is 293. The molecule has 1 amide bonds. The van der Waals surface area contributed by atoms with Crippen LogP contribution in [0.3, 0.4) is 0 Å². The van der Waals surface area contributed by atoms with Gasteiger partial charge in [-0.1, -0.05) is 30.3 Å². The van der Waals surface area contributed by atoms with Gasteiger partial charge in [0.15, 0.2) is 0 Å². The molecule has 0 radical (unpaired) electrons. The number of nitrogens with two attached hydrogens (primary N) is 1. The first-order valence-electron chi connectivity index (χ1n) is 4.08. The predicted octanol–water partition coefficient (Wildman–Crippen LogP) is 0.465. The largest absolute Gasteiger partial charge is 0.380 e. The smallest absolute Gasteiger partial charge is 0.249 e. The van der Waals surface area contributed by atoms with Crippen molar-refractivity contribution in [2.24, 2.45) is 5.73 Å². The third-order valence-corrected chi connectivity index (χ3v) is 1.92. The van der Waals surface area contributed by atoms with E-state index in [1.807, 2.05) is 30.3 Å². The Kier molecular flexibility index (Phi) is 2.68. The molecule has 70 valence electrons. The summed E-state index contributed by atoms with van der Waals surface area (Å²) in [6.07, 6.45) is 0.253. The zero-order valence-corrected chi connectivity index (χ0v) is 7.53. The Morgan fingerprint density at radius 3 is 2.46 bits per heavy atom. The van der Waals surface area contributed by atoms with Crippen molar-refractivity contribution in [3.05, 3.63) is 35.9 Å². The summed E-state index contributed by atoms with van der Waals surface area (Å²) in [5, 5.41) is 9.57. The zero-order valence-electron chi connectivity index (χ0n) is 7.53. The van der Waals surface area contributed by atoms with Gasteiger partial charge >= 0.3 is 0 Å². The number of hydrogen-bond acceptors (Lipinski definition) is 2. The van der Waals surface area contributed by atoms with E-state index in [0.717, 1.165) is 5.56 Å². The molecule has 13 heavy (non-hydrogen) atoms. The topological polar surface area (TPSA) is 63.3 Å². The summed E-state index contributed by atoms with van der Waals surface area (Å²) in [4.78, 5) is 10.8. The summed E-state index contributed by atoms with van der Waals surface area (Å²) in [5.41, 5.74) is 4.47. The summed E-state index contributed by atoms with van der Waals surface area (Å²) in [7, 11) is 0. The standard InChI is InChI=1S/C10H13NO2/c1-10(13,9(11)12)7-8-5-3-2-4-6-8/h2-6,13H,7H2,1H3,(H2,11,12). The lowest BCUT2D eigenvalue weighted by Crippen LogP contribution is -2.42. The fourth-order valence-electron chi connectivity index (χ4n) is 1.08. The molecule has 0 saturated carbocycles. The van der Waals surface area contributed by atoms with Crippen molar-refractivity contribution in [3.63, 3.8) is 0 Å². The van der Waals surface area contributed by atoms with Gasteiger partial charge in [0, 0.05) is 6.42 Å². The van der Waals surface area contributed by atoms with Crippen LogP contribution in [0.25, 0.3) is 0 Å². The van der Waals surface area contributed by atoms with Gasteiger partial charge in [-0.3, -0.25) is 4.79 Å². The van der Waals surface area contributed by atoms with Gasteiger partial charge in [0.05, 0.1) is 0 Å². The Morgan fingerprint density at radius 1 is 1.46 bits per heavy atom. The first kappa shape index (κ1) is 9.74. The normalized spacial score (nSPS) is 14.9. The van der Waals surface area contributed by atoms with E-state index in [-0.39, 0.29) is 6.42 Å². The monoisotopic (exact) mass is 179 g/mol. The van der Waals surface area contributed by atoms with Crippen LogP contribution in [0.2, 0.25) is 0 Å². The van der Waals surface area contributed by atoms with E-state index in [1.165, 1.54) is 6.92 Å². The van der Waals surface area contributed by atoms with Crippen LogP contribution in [0.1, 0.15) is 12.5 Å². The Hall–Kier alpha value is -1.35. The summed E-state index contributed by atoms with van der Waals surface area (Å²) in [5.74, 6) is -0.698. The lowest BCUT2D eigenvalue weighted by Gasteiger charge is -2.18. The average Bonchev–Trinajstić information content (AvgIpc) is 2.05. The van der Waals surface area contributed by atoms with E-state index in [9.17, 15) is 9.90 Å². The van der Waals surface area contributed by atoms with Crippen LogP contribution >= 0.6 is 0 Å². The van der Waals surface area contributed by atoms with E-state index in [4.69, 9.17) is 5.73 Å². The molecule has 3 nitrogen and oxygen atoms in total. The van der Waals surface area contributed by atoms with Gasteiger partial charge in [0.2, 0.25) is 5.91 Å². The van der Waals surface area contributed by atoms with Crippen LogP contribution in [0, 0.1) is 0 Å². The van der Waals surface area contributed by atoms with Gasteiger partial charge < -0.3 is 10.8 Å². The van der Waals surface area contributed by atoms with Gasteiger partial charge in [-0.15, -0.1) is 0 Å². The third-order valence-electron chi connectivity index (χ3n) is 1.92. The molecule has 0 heterocycles. The highest BCUT2D eigenvalue weighted by Crippen LogP contribution is 2.11. The second-order valence-electron chi connectivity index (χ2n) is 3.30. The maximum absolute atomic E-state index is 10.8. The van der Waals surface area contributed by atoms with E-state index >= 15 is 0 Å². The first-order valence-corrected chi connectivity index (χ1v) is 4.08. The van der Waals surface area contributed by atoms with Gasteiger partial charge in [-0.2, -0.15) is 0 Å². The number of amides is 1. The number of carbonyl (C=O) groups excluding carboxylic acids is 1. The highest BCUT2D eigenvalue weighted by molar-refractivity contribution is 5.82. The molecule has 0 bridgehead atoms. The Morgan fingerprint density at radius 2 is 2.00 bits per heavy atom. The van der Waals surface area contributed by atoms with Crippen LogP contribution in [-0.2, 0) is 11.2 Å². The van der Waals surface area contributed by atoms with Gasteiger partial charge in [-0.05, 0) is 12.5 Å². The van der Waals surface area contributed by atoms with Crippen LogP contribution in [-0.4, -0.2) is 16.6 Å². The second kappa shape index (κ2) is 3.58. The van der Waals surface area contributed by atoms with Crippen molar-refractivity contribution in [1.29, 1.82) is 0 Å². The minimum absolute atomic E-state index is 0.253. The van der Waals surface area contributed by atoms with Gasteiger partial charge in [0.25, 0.3) is 0 Å². The first-order chi connectivity index (χ1) is 6.02. The van der Waals surface area contributed by atoms with Crippen LogP contribution in [0.4, 0.5) is 0 Å². The minimum atomic E-state index is -1.46. The molecule has 0 aliphatic carbocycles. The van der Waals surface area contributed by atoms with E-state index in [1.54, 1.807) is 0 Å². The molecule has 1 aromatic carbocycles. The fourth-order valence-corrected chi connectivity index (χ4v) is 1.08. The molecule has 0 aliphatic rings. The molecule has 3 heteroatoms. The van der Waals surface area contributed by atoms with E-state index in [2.05, 4.69) is 0 Å². The molecule has 1 unspecified atom stereocenters. The molecular formula is C10H13NO2. The molecule has 0 fully saturated rings. The maximum Gasteiger partial charge on any atom is 0.249 e.